The van der Waals surface area contributed by atoms with Crippen LogP contribution in [0.4, 0.5) is 0 Å². The maximum absolute atomic E-state index is 12.7. The molecule has 1 aliphatic carbocycles. The van der Waals surface area contributed by atoms with Gasteiger partial charge in [0.15, 0.2) is 0 Å². The quantitative estimate of drug-likeness (QED) is 0.896. The van der Waals surface area contributed by atoms with E-state index in [1.807, 2.05) is 17.9 Å². The van der Waals surface area contributed by atoms with Crippen LogP contribution < -0.4 is 10.6 Å². The third kappa shape index (κ3) is 2.81. The number of nitrogens with one attached hydrogen (secondary N) is 2. The van der Waals surface area contributed by atoms with Crippen LogP contribution in [-0.4, -0.2) is 27.8 Å². The summed E-state index contributed by atoms with van der Waals surface area (Å²) in [5.74, 6) is 0.166. The van der Waals surface area contributed by atoms with E-state index in [0.29, 0.717) is 0 Å². The first-order valence-electron chi connectivity index (χ1n) is 7.73. The third-order valence-corrected chi connectivity index (χ3v) is 4.96. The minimum atomic E-state index is -0.347. The van der Waals surface area contributed by atoms with Crippen LogP contribution in [0.25, 0.3) is 0 Å². The molecular weight excluding hydrogens is 288 g/mol. The predicted molar refractivity (Wildman–Crippen MR) is 84.5 cm³/mol. The van der Waals surface area contributed by atoms with Gasteiger partial charge in [-0.1, -0.05) is 6.92 Å². The predicted octanol–water partition coefficient (Wildman–Crippen LogP) is 1.87. The molecule has 1 fully saturated rings. The summed E-state index contributed by atoms with van der Waals surface area (Å²) in [6.45, 7) is 3.04. The van der Waals surface area contributed by atoms with E-state index in [9.17, 15) is 4.79 Å². The first-order valence-corrected chi connectivity index (χ1v) is 7.73. The Hall–Kier alpha value is -1.07. The Labute approximate surface area is 132 Å². The number of halogens is 1. The molecule has 1 aromatic heterocycles. The zero-order chi connectivity index (χ0) is 14.2. The van der Waals surface area contributed by atoms with Gasteiger partial charge in [0.1, 0.15) is 0 Å². The summed E-state index contributed by atoms with van der Waals surface area (Å²) in [6, 6.07) is 0.130. The molecule has 2 atom stereocenters. The standard InChI is InChI=1S/C15H24N4O.ClH/c1-3-15(8-5-9-16-15)14(20)18-12-6-4-7-13-11(12)10-17-19(13)2;/h10,12,16H,3-9H2,1-2H3,(H,18,20);1H. The number of aryl methyl sites for hydroxylation is 1. The average molecular weight is 313 g/mol. The van der Waals surface area contributed by atoms with Crippen molar-refractivity contribution >= 4 is 18.3 Å². The van der Waals surface area contributed by atoms with E-state index in [1.165, 1.54) is 11.3 Å². The minimum absolute atomic E-state index is 0. The summed E-state index contributed by atoms with van der Waals surface area (Å²) in [5, 5.41) is 11.0. The molecule has 0 spiro atoms. The molecule has 118 valence electrons. The van der Waals surface area contributed by atoms with Gasteiger partial charge < -0.3 is 10.6 Å². The normalized spacial score (nSPS) is 27.8. The van der Waals surface area contributed by atoms with Crippen molar-refractivity contribution in [3.63, 3.8) is 0 Å². The number of amides is 1. The number of rotatable bonds is 3. The van der Waals surface area contributed by atoms with Gasteiger partial charge in [-0.25, -0.2) is 0 Å². The molecule has 1 aliphatic heterocycles. The van der Waals surface area contributed by atoms with E-state index in [-0.39, 0.29) is 29.9 Å². The van der Waals surface area contributed by atoms with Gasteiger partial charge in [-0.05, 0) is 45.1 Å². The number of carbonyl (C=O) groups is 1. The molecule has 0 saturated carbocycles. The number of nitrogens with zero attached hydrogens (tertiary/aromatic N) is 2. The monoisotopic (exact) mass is 312 g/mol. The Bertz CT molecular complexity index is 508. The fourth-order valence-electron chi connectivity index (χ4n) is 3.61. The van der Waals surface area contributed by atoms with Gasteiger partial charge in [0.05, 0.1) is 17.8 Å². The van der Waals surface area contributed by atoms with E-state index in [4.69, 9.17) is 0 Å². The van der Waals surface area contributed by atoms with Crippen molar-refractivity contribution in [3.05, 3.63) is 17.5 Å². The second-order valence-electron chi connectivity index (χ2n) is 6.05. The molecule has 1 aromatic rings. The Morgan fingerprint density at radius 1 is 1.57 bits per heavy atom. The highest BCUT2D eigenvalue weighted by atomic mass is 35.5. The molecule has 2 unspecified atom stereocenters. The van der Waals surface area contributed by atoms with Gasteiger partial charge in [0, 0.05) is 18.3 Å². The molecule has 1 amide bonds. The first kappa shape index (κ1) is 16.3. The van der Waals surface area contributed by atoms with E-state index in [0.717, 1.165) is 45.1 Å². The van der Waals surface area contributed by atoms with Crippen LogP contribution >= 0.6 is 12.4 Å². The smallest absolute Gasteiger partial charge is 0.240 e. The lowest BCUT2D eigenvalue weighted by Gasteiger charge is -2.31. The molecule has 1 saturated heterocycles. The summed E-state index contributed by atoms with van der Waals surface area (Å²) in [5.41, 5.74) is 2.13. The third-order valence-electron chi connectivity index (χ3n) is 4.96. The van der Waals surface area contributed by atoms with Gasteiger partial charge >= 0.3 is 0 Å². The maximum atomic E-state index is 12.7. The molecular formula is C15H25ClN4O. The Morgan fingerprint density at radius 2 is 2.38 bits per heavy atom. The van der Waals surface area contributed by atoms with Gasteiger partial charge in [-0.15, -0.1) is 12.4 Å². The van der Waals surface area contributed by atoms with E-state index < -0.39 is 0 Å². The molecule has 0 radical (unpaired) electrons. The van der Waals surface area contributed by atoms with Crippen LogP contribution in [0.1, 0.15) is 56.3 Å². The van der Waals surface area contributed by atoms with Crippen molar-refractivity contribution < 1.29 is 4.79 Å². The lowest BCUT2D eigenvalue weighted by molar-refractivity contribution is -0.128. The maximum Gasteiger partial charge on any atom is 0.240 e. The summed E-state index contributed by atoms with van der Waals surface area (Å²) in [6.07, 6.45) is 8.00. The molecule has 2 heterocycles. The van der Waals surface area contributed by atoms with Crippen LogP contribution in [0.2, 0.25) is 0 Å². The fraction of sp³-hybridized carbons (Fsp3) is 0.733. The molecule has 3 rings (SSSR count). The van der Waals surface area contributed by atoms with Crippen molar-refractivity contribution in [2.45, 2.75) is 57.0 Å². The van der Waals surface area contributed by atoms with Crippen LogP contribution in [-0.2, 0) is 18.3 Å². The van der Waals surface area contributed by atoms with E-state index in [2.05, 4.69) is 22.7 Å². The average Bonchev–Trinajstić information content (AvgIpc) is 3.08. The van der Waals surface area contributed by atoms with Gasteiger partial charge in [-0.2, -0.15) is 5.10 Å². The summed E-state index contributed by atoms with van der Waals surface area (Å²) >= 11 is 0. The Kier molecular flexibility index (Phi) is 4.94. The van der Waals surface area contributed by atoms with Crippen molar-refractivity contribution in [3.8, 4) is 0 Å². The molecule has 0 bridgehead atoms. The Balaban J connectivity index is 0.00000161. The molecule has 0 aromatic carbocycles. The lowest BCUT2D eigenvalue weighted by atomic mass is 9.89. The SMILES string of the molecule is CCC1(C(=O)NC2CCCc3c2cnn3C)CCCN1.Cl. The number of hydrogen-bond acceptors (Lipinski definition) is 3. The first-order chi connectivity index (χ1) is 9.66. The topological polar surface area (TPSA) is 59.0 Å². The van der Waals surface area contributed by atoms with Crippen LogP contribution in [0, 0.1) is 0 Å². The zero-order valence-electron chi connectivity index (χ0n) is 12.8. The highest BCUT2D eigenvalue weighted by Crippen LogP contribution is 2.31. The highest BCUT2D eigenvalue weighted by molar-refractivity contribution is 5.87. The fourth-order valence-corrected chi connectivity index (χ4v) is 3.61. The number of carbonyl (C=O) groups excluding carboxylic acids is 1. The van der Waals surface area contributed by atoms with E-state index in [1.54, 1.807) is 0 Å². The number of aromatic nitrogens is 2. The van der Waals surface area contributed by atoms with Gasteiger partial charge in [-0.3, -0.25) is 9.48 Å². The summed E-state index contributed by atoms with van der Waals surface area (Å²) in [7, 11) is 1.98. The largest absolute Gasteiger partial charge is 0.348 e. The zero-order valence-corrected chi connectivity index (χ0v) is 13.6. The van der Waals surface area contributed by atoms with Crippen molar-refractivity contribution in [1.29, 1.82) is 0 Å². The molecule has 2 N–H and O–H groups in total. The molecule has 2 aliphatic rings. The van der Waals surface area contributed by atoms with Crippen molar-refractivity contribution in [2.75, 3.05) is 6.54 Å². The molecule has 5 nitrogen and oxygen atoms in total. The van der Waals surface area contributed by atoms with Crippen molar-refractivity contribution in [2.24, 2.45) is 7.05 Å². The van der Waals surface area contributed by atoms with Crippen LogP contribution in [0.5, 0.6) is 0 Å². The minimum Gasteiger partial charge on any atom is -0.348 e. The molecule has 21 heavy (non-hydrogen) atoms. The number of hydrogen-bond donors (Lipinski definition) is 2. The van der Waals surface area contributed by atoms with Crippen LogP contribution in [0.3, 0.4) is 0 Å². The number of fused-ring (bicyclic) bond motifs is 1. The molecule has 6 heteroatoms. The van der Waals surface area contributed by atoms with E-state index >= 15 is 0 Å². The van der Waals surface area contributed by atoms with Crippen molar-refractivity contribution in [1.82, 2.24) is 20.4 Å². The summed E-state index contributed by atoms with van der Waals surface area (Å²) < 4.78 is 1.94. The highest BCUT2D eigenvalue weighted by Gasteiger charge is 2.40. The Morgan fingerprint density at radius 3 is 3.05 bits per heavy atom. The van der Waals surface area contributed by atoms with Gasteiger partial charge in [0.2, 0.25) is 5.91 Å². The lowest BCUT2D eigenvalue weighted by Crippen LogP contribution is -2.54. The van der Waals surface area contributed by atoms with Gasteiger partial charge in [0.25, 0.3) is 0 Å². The second kappa shape index (κ2) is 6.36. The summed E-state index contributed by atoms with van der Waals surface area (Å²) in [4.78, 5) is 12.7. The second-order valence-corrected chi connectivity index (χ2v) is 6.05. The van der Waals surface area contributed by atoms with Crippen LogP contribution in [0.15, 0.2) is 6.20 Å².